The average molecular weight is 442 g/mol. The van der Waals surface area contributed by atoms with E-state index < -0.39 is 0 Å². The Labute approximate surface area is 187 Å². The predicted molar refractivity (Wildman–Crippen MR) is 121 cm³/mol. The summed E-state index contributed by atoms with van der Waals surface area (Å²) in [5, 5.41) is 12.6. The molecule has 4 rings (SSSR count). The number of piperazine rings is 1. The fourth-order valence-electron chi connectivity index (χ4n) is 4.89. The lowest BCUT2D eigenvalue weighted by Crippen LogP contribution is -2.63. The standard InChI is InChI=1S/C23H31N5O2S/c1-17-6-8-19(9-7-17)14-24-21(30)22-26-25-20(31-22)15-27-12-13-28(18(2)29)23(16-27)10-4-3-5-11-23/h6-9H,3-5,10-16H2,1-2H3,(H,24,30). The lowest BCUT2D eigenvalue weighted by atomic mass is 9.78. The van der Waals surface area contributed by atoms with Crippen molar-refractivity contribution in [3.8, 4) is 0 Å². The van der Waals surface area contributed by atoms with Gasteiger partial charge in [0.25, 0.3) is 5.91 Å². The zero-order valence-electron chi connectivity index (χ0n) is 18.4. The highest BCUT2D eigenvalue weighted by molar-refractivity contribution is 7.13. The Bertz CT molecular complexity index is 920. The van der Waals surface area contributed by atoms with Crippen molar-refractivity contribution >= 4 is 23.2 Å². The van der Waals surface area contributed by atoms with Gasteiger partial charge in [0.1, 0.15) is 5.01 Å². The van der Waals surface area contributed by atoms with E-state index in [-0.39, 0.29) is 17.4 Å². The summed E-state index contributed by atoms with van der Waals surface area (Å²) in [7, 11) is 0. The first-order chi connectivity index (χ1) is 14.9. The van der Waals surface area contributed by atoms with Crippen molar-refractivity contribution in [2.75, 3.05) is 19.6 Å². The summed E-state index contributed by atoms with van der Waals surface area (Å²) in [6, 6.07) is 8.11. The van der Waals surface area contributed by atoms with Crippen molar-refractivity contribution in [3.63, 3.8) is 0 Å². The Hall–Kier alpha value is -2.32. The summed E-state index contributed by atoms with van der Waals surface area (Å²) in [5.41, 5.74) is 2.22. The number of nitrogens with zero attached hydrogens (tertiary/aromatic N) is 4. The first kappa shape index (κ1) is 21.9. The second kappa shape index (κ2) is 9.44. The molecule has 1 N–H and O–H groups in total. The molecule has 2 fully saturated rings. The van der Waals surface area contributed by atoms with E-state index >= 15 is 0 Å². The maximum Gasteiger partial charge on any atom is 0.282 e. The second-order valence-corrected chi connectivity index (χ2v) is 9.90. The van der Waals surface area contributed by atoms with Crippen molar-refractivity contribution < 1.29 is 9.59 Å². The molecular weight excluding hydrogens is 410 g/mol. The van der Waals surface area contributed by atoms with Gasteiger partial charge in [-0.1, -0.05) is 60.4 Å². The fourth-order valence-corrected chi connectivity index (χ4v) is 5.69. The van der Waals surface area contributed by atoms with Gasteiger partial charge >= 0.3 is 0 Å². The van der Waals surface area contributed by atoms with E-state index in [0.29, 0.717) is 18.1 Å². The van der Waals surface area contributed by atoms with E-state index in [9.17, 15) is 9.59 Å². The Balaban J connectivity index is 1.35. The third-order valence-electron chi connectivity index (χ3n) is 6.49. The van der Waals surface area contributed by atoms with Gasteiger partial charge in [-0.2, -0.15) is 0 Å². The molecule has 0 unspecified atom stereocenters. The lowest BCUT2D eigenvalue weighted by molar-refractivity contribution is -0.142. The van der Waals surface area contributed by atoms with E-state index in [1.54, 1.807) is 6.92 Å². The average Bonchev–Trinajstić information content (AvgIpc) is 3.22. The molecule has 2 heterocycles. The number of benzene rings is 1. The summed E-state index contributed by atoms with van der Waals surface area (Å²) in [5.74, 6) is -0.000487. The van der Waals surface area contributed by atoms with E-state index in [1.165, 1.54) is 36.2 Å². The Morgan fingerprint density at radius 1 is 1.10 bits per heavy atom. The van der Waals surface area contributed by atoms with Crippen LogP contribution in [0.4, 0.5) is 0 Å². The molecule has 166 valence electrons. The molecule has 2 aliphatic rings. The van der Waals surface area contributed by atoms with Gasteiger partial charge in [-0.3, -0.25) is 14.5 Å². The van der Waals surface area contributed by atoms with Crippen LogP contribution in [-0.4, -0.2) is 57.0 Å². The van der Waals surface area contributed by atoms with Crippen molar-refractivity contribution in [3.05, 3.63) is 45.4 Å². The van der Waals surface area contributed by atoms with E-state index in [0.717, 1.165) is 43.0 Å². The first-order valence-corrected chi connectivity index (χ1v) is 11.9. The molecule has 0 atom stereocenters. The molecule has 8 heteroatoms. The highest BCUT2D eigenvalue weighted by Gasteiger charge is 2.43. The Morgan fingerprint density at radius 3 is 2.55 bits per heavy atom. The molecule has 31 heavy (non-hydrogen) atoms. The highest BCUT2D eigenvalue weighted by atomic mass is 32.1. The minimum atomic E-state index is -0.186. The zero-order valence-corrected chi connectivity index (χ0v) is 19.2. The maximum absolute atomic E-state index is 12.5. The summed E-state index contributed by atoms with van der Waals surface area (Å²) < 4.78 is 0. The van der Waals surface area contributed by atoms with Crippen LogP contribution in [0.1, 0.15) is 65.0 Å². The number of carbonyl (C=O) groups is 2. The molecule has 2 aromatic rings. The predicted octanol–water partition coefficient (Wildman–Crippen LogP) is 3.14. The van der Waals surface area contributed by atoms with Gasteiger partial charge < -0.3 is 10.2 Å². The van der Waals surface area contributed by atoms with E-state index in [4.69, 9.17) is 0 Å². The molecule has 1 aromatic carbocycles. The lowest BCUT2D eigenvalue weighted by Gasteiger charge is -2.52. The molecule has 1 aliphatic carbocycles. The number of hydrogen-bond acceptors (Lipinski definition) is 6. The normalized spacial score (nSPS) is 18.8. The van der Waals surface area contributed by atoms with Crippen LogP contribution >= 0.6 is 11.3 Å². The number of nitrogens with one attached hydrogen (secondary N) is 1. The first-order valence-electron chi connectivity index (χ1n) is 11.1. The largest absolute Gasteiger partial charge is 0.346 e. The van der Waals surface area contributed by atoms with Crippen LogP contribution in [0.15, 0.2) is 24.3 Å². The number of carbonyl (C=O) groups excluding carboxylic acids is 2. The van der Waals surface area contributed by atoms with Crippen molar-refractivity contribution in [2.45, 2.75) is 64.6 Å². The van der Waals surface area contributed by atoms with Crippen LogP contribution in [0, 0.1) is 6.92 Å². The van der Waals surface area contributed by atoms with Gasteiger partial charge in [0.15, 0.2) is 0 Å². The molecule has 2 amide bonds. The van der Waals surface area contributed by atoms with Gasteiger partial charge in [0.2, 0.25) is 10.9 Å². The summed E-state index contributed by atoms with van der Waals surface area (Å²) in [6.07, 6.45) is 5.77. The monoisotopic (exact) mass is 441 g/mol. The number of amides is 2. The van der Waals surface area contributed by atoms with Crippen molar-refractivity contribution in [1.29, 1.82) is 0 Å². The highest BCUT2D eigenvalue weighted by Crippen LogP contribution is 2.37. The van der Waals surface area contributed by atoms with Crippen LogP contribution in [0.5, 0.6) is 0 Å². The van der Waals surface area contributed by atoms with Crippen molar-refractivity contribution in [1.82, 2.24) is 25.3 Å². The van der Waals surface area contributed by atoms with Crippen molar-refractivity contribution in [2.24, 2.45) is 0 Å². The zero-order chi connectivity index (χ0) is 21.8. The number of hydrogen-bond donors (Lipinski definition) is 1. The molecule has 1 aromatic heterocycles. The second-order valence-electron chi connectivity index (χ2n) is 8.84. The molecule has 1 saturated heterocycles. The summed E-state index contributed by atoms with van der Waals surface area (Å²) in [6.45, 7) is 7.36. The van der Waals surface area contributed by atoms with Crippen LogP contribution in [0.25, 0.3) is 0 Å². The van der Waals surface area contributed by atoms with Crippen LogP contribution in [0.3, 0.4) is 0 Å². The van der Waals surface area contributed by atoms with Crippen LogP contribution in [-0.2, 0) is 17.9 Å². The van der Waals surface area contributed by atoms with Gasteiger partial charge in [-0.25, -0.2) is 0 Å². The molecule has 1 saturated carbocycles. The summed E-state index contributed by atoms with van der Waals surface area (Å²) >= 11 is 1.36. The van der Waals surface area contributed by atoms with Crippen LogP contribution < -0.4 is 5.32 Å². The number of aryl methyl sites for hydroxylation is 1. The Kier molecular flexibility index (Phi) is 6.67. The van der Waals surface area contributed by atoms with Gasteiger partial charge in [0.05, 0.1) is 12.1 Å². The third kappa shape index (κ3) is 5.13. The van der Waals surface area contributed by atoms with Gasteiger partial charge in [-0.15, -0.1) is 10.2 Å². The smallest absolute Gasteiger partial charge is 0.282 e. The Morgan fingerprint density at radius 2 is 1.84 bits per heavy atom. The van der Waals surface area contributed by atoms with E-state index in [2.05, 4.69) is 25.3 Å². The number of rotatable bonds is 5. The molecule has 7 nitrogen and oxygen atoms in total. The molecule has 1 spiro atoms. The summed E-state index contributed by atoms with van der Waals surface area (Å²) in [4.78, 5) is 29.2. The molecular formula is C23H31N5O2S. The van der Waals surface area contributed by atoms with E-state index in [1.807, 2.05) is 31.2 Å². The molecule has 0 radical (unpaired) electrons. The van der Waals surface area contributed by atoms with Gasteiger partial charge in [-0.05, 0) is 25.3 Å². The maximum atomic E-state index is 12.5. The fraction of sp³-hybridized carbons (Fsp3) is 0.565. The minimum absolute atomic E-state index is 0.0404. The van der Waals surface area contributed by atoms with Gasteiger partial charge in [0, 0.05) is 33.1 Å². The molecule has 0 bridgehead atoms. The number of aromatic nitrogens is 2. The quantitative estimate of drug-likeness (QED) is 0.771. The minimum Gasteiger partial charge on any atom is -0.346 e. The molecule has 1 aliphatic heterocycles. The third-order valence-corrected chi connectivity index (χ3v) is 7.40. The van der Waals surface area contributed by atoms with Crippen LogP contribution in [0.2, 0.25) is 0 Å². The topological polar surface area (TPSA) is 78.4 Å². The SMILES string of the molecule is CC(=O)N1CCN(Cc2nnc(C(=O)NCc3ccc(C)cc3)s2)CC12CCCCC2.